The second kappa shape index (κ2) is 6.96. The molecule has 2 amide bonds. The van der Waals surface area contributed by atoms with Crippen LogP contribution in [-0.4, -0.2) is 56.3 Å². The highest BCUT2D eigenvalue weighted by Gasteiger charge is 2.31. The Balaban J connectivity index is 1.98. The number of amides is 2. The molecule has 0 saturated carbocycles. The van der Waals surface area contributed by atoms with Crippen molar-refractivity contribution in [2.45, 2.75) is 26.8 Å². The molecule has 25 heavy (non-hydrogen) atoms. The number of carboxylic acids is 1. The Hall–Kier alpha value is -2.83. The molecule has 1 N–H and O–H groups in total. The Labute approximate surface area is 146 Å². The van der Waals surface area contributed by atoms with E-state index in [4.69, 9.17) is 0 Å². The van der Waals surface area contributed by atoms with E-state index < -0.39 is 5.97 Å². The lowest BCUT2D eigenvalue weighted by atomic mass is 10.0. The van der Waals surface area contributed by atoms with Crippen LogP contribution in [0.15, 0.2) is 30.3 Å². The number of urea groups is 1. The number of benzene rings is 1. The Morgan fingerprint density at radius 2 is 1.88 bits per heavy atom. The monoisotopic (exact) mass is 342 g/mol. The highest BCUT2D eigenvalue weighted by atomic mass is 16.4. The molecule has 0 unspecified atom stereocenters. The molecule has 1 aromatic heterocycles. The van der Waals surface area contributed by atoms with Crippen LogP contribution >= 0.6 is 0 Å². The molecule has 2 heterocycles. The second-order valence-electron chi connectivity index (χ2n) is 5.95. The van der Waals surface area contributed by atoms with Gasteiger partial charge in [-0.3, -0.25) is 0 Å². The summed E-state index contributed by atoms with van der Waals surface area (Å²) in [5, 5.41) is 13.8. The van der Waals surface area contributed by atoms with Crippen molar-refractivity contribution < 1.29 is 14.7 Å². The highest BCUT2D eigenvalue weighted by Crippen LogP contribution is 2.26. The Kier molecular flexibility index (Phi) is 4.74. The number of hydrogen-bond acceptors (Lipinski definition) is 3. The zero-order chi connectivity index (χ0) is 18.0. The second-order valence-corrected chi connectivity index (χ2v) is 5.95. The maximum atomic E-state index is 12.6. The summed E-state index contributed by atoms with van der Waals surface area (Å²) in [5.74, 6) is -1.07. The van der Waals surface area contributed by atoms with E-state index in [2.05, 4.69) is 5.10 Å². The van der Waals surface area contributed by atoms with Crippen LogP contribution in [0.4, 0.5) is 4.79 Å². The molecular formula is C18H22N4O3. The number of hydrogen-bond donors (Lipinski definition) is 1. The topological polar surface area (TPSA) is 78.7 Å². The summed E-state index contributed by atoms with van der Waals surface area (Å²) in [6.07, 6.45) is 0.581. The van der Waals surface area contributed by atoms with Gasteiger partial charge < -0.3 is 14.9 Å². The number of para-hydroxylation sites is 1. The predicted octanol–water partition coefficient (Wildman–Crippen LogP) is 2.39. The summed E-state index contributed by atoms with van der Waals surface area (Å²) in [6.45, 7) is 5.97. The van der Waals surface area contributed by atoms with Gasteiger partial charge in [0.15, 0.2) is 5.69 Å². The third-order valence-corrected chi connectivity index (χ3v) is 4.57. The van der Waals surface area contributed by atoms with Crippen LogP contribution < -0.4 is 0 Å². The average molecular weight is 342 g/mol. The number of carboxylic acid groups (broad SMARTS) is 1. The van der Waals surface area contributed by atoms with Gasteiger partial charge in [0, 0.05) is 31.6 Å². The number of aromatic nitrogens is 2. The lowest BCUT2D eigenvalue weighted by Crippen LogP contribution is -2.45. The summed E-state index contributed by atoms with van der Waals surface area (Å²) < 4.78 is 1.69. The summed E-state index contributed by atoms with van der Waals surface area (Å²) >= 11 is 0. The van der Waals surface area contributed by atoms with E-state index in [-0.39, 0.29) is 18.3 Å². The number of rotatable bonds is 4. The predicted molar refractivity (Wildman–Crippen MR) is 93.0 cm³/mol. The third kappa shape index (κ3) is 3.09. The largest absolute Gasteiger partial charge is 0.476 e. The van der Waals surface area contributed by atoms with Crippen molar-refractivity contribution in [2.24, 2.45) is 0 Å². The Bertz CT molecular complexity index is 781. The van der Waals surface area contributed by atoms with Crippen LogP contribution in [0.3, 0.4) is 0 Å². The van der Waals surface area contributed by atoms with Gasteiger partial charge in [0.2, 0.25) is 0 Å². The van der Waals surface area contributed by atoms with Crippen LogP contribution in [0.25, 0.3) is 5.69 Å². The summed E-state index contributed by atoms with van der Waals surface area (Å²) in [7, 11) is 0. The van der Waals surface area contributed by atoms with Crippen molar-refractivity contribution in [3.63, 3.8) is 0 Å². The van der Waals surface area contributed by atoms with Gasteiger partial charge in [-0.05, 0) is 26.0 Å². The number of fused-ring (bicyclic) bond motifs is 1. The minimum Gasteiger partial charge on any atom is -0.476 e. The van der Waals surface area contributed by atoms with Crippen LogP contribution in [0, 0.1) is 0 Å². The van der Waals surface area contributed by atoms with Crippen molar-refractivity contribution in [3.05, 3.63) is 47.3 Å². The molecule has 3 rings (SSSR count). The van der Waals surface area contributed by atoms with Gasteiger partial charge in [0.05, 0.1) is 17.9 Å². The van der Waals surface area contributed by atoms with Crippen molar-refractivity contribution in [2.75, 3.05) is 19.6 Å². The molecule has 1 aromatic carbocycles. The molecule has 1 aliphatic rings. The van der Waals surface area contributed by atoms with E-state index in [1.54, 1.807) is 14.5 Å². The first-order valence-electron chi connectivity index (χ1n) is 8.50. The molecule has 132 valence electrons. The molecule has 0 aliphatic carbocycles. The molecule has 7 nitrogen and oxygen atoms in total. The van der Waals surface area contributed by atoms with Gasteiger partial charge >= 0.3 is 12.0 Å². The minimum atomic E-state index is -1.07. The standard InChI is InChI=1S/C18H22N4O3/c1-3-20(4-2)18(25)21-11-10-15-14(12-21)16(17(23)24)19-22(15)13-8-6-5-7-9-13/h5-9H,3-4,10-12H2,1-2H3,(H,23,24). The maximum Gasteiger partial charge on any atom is 0.356 e. The normalized spacial score (nSPS) is 13.4. The van der Waals surface area contributed by atoms with E-state index in [0.29, 0.717) is 31.6 Å². The van der Waals surface area contributed by atoms with E-state index in [9.17, 15) is 14.7 Å². The number of carbonyl (C=O) groups excluding carboxylic acids is 1. The van der Waals surface area contributed by atoms with Crippen LogP contribution in [0.2, 0.25) is 0 Å². The first-order chi connectivity index (χ1) is 12.1. The minimum absolute atomic E-state index is 0.0240. The van der Waals surface area contributed by atoms with E-state index in [1.807, 2.05) is 44.2 Å². The summed E-state index contributed by atoms with van der Waals surface area (Å²) in [5.41, 5.74) is 2.35. The Morgan fingerprint density at radius 3 is 2.48 bits per heavy atom. The van der Waals surface area contributed by atoms with Gasteiger partial charge in [-0.25, -0.2) is 14.3 Å². The fraction of sp³-hybridized carbons (Fsp3) is 0.389. The first-order valence-corrected chi connectivity index (χ1v) is 8.50. The van der Waals surface area contributed by atoms with Crippen molar-refractivity contribution in [1.82, 2.24) is 19.6 Å². The molecular weight excluding hydrogens is 320 g/mol. The van der Waals surface area contributed by atoms with E-state index in [0.717, 1.165) is 11.4 Å². The fourth-order valence-electron chi connectivity index (χ4n) is 3.23. The fourth-order valence-corrected chi connectivity index (χ4v) is 3.23. The third-order valence-electron chi connectivity index (χ3n) is 4.57. The van der Waals surface area contributed by atoms with Gasteiger partial charge in [-0.2, -0.15) is 5.10 Å². The molecule has 7 heteroatoms. The number of aromatic carboxylic acids is 1. The van der Waals surface area contributed by atoms with E-state index in [1.165, 1.54) is 0 Å². The maximum absolute atomic E-state index is 12.6. The van der Waals surface area contributed by atoms with Gasteiger partial charge in [0.25, 0.3) is 0 Å². The van der Waals surface area contributed by atoms with E-state index >= 15 is 0 Å². The SMILES string of the molecule is CCN(CC)C(=O)N1CCc2c(c(C(=O)O)nn2-c2ccccc2)C1. The van der Waals surface area contributed by atoms with Crippen LogP contribution in [-0.2, 0) is 13.0 Å². The summed E-state index contributed by atoms with van der Waals surface area (Å²) in [4.78, 5) is 27.7. The van der Waals surface area contributed by atoms with Gasteiger partial charge in [-0.1, -0.05) is 18.2 Å². The van der Waals surface area contributed by atoms with Crippen molar-refractivity contribution >= 4 is 12.0 Å². The zero-order valence-electron chi connectivity index (χ0n) is 14.5. The van der Waals surface area contributed by atoms with Gasteiger partial charge in [0.1, 0.15) is 0 Å². The molecule has 0 spiro atoms. The molecule has 0 fully saturated rings. The number of carbonyl (C=O) groups is 2. The number of nitrogens with zero attached hydrogens (tertiary/aromatic N) is 4. The molecule has 0 radical (unpaired) electrons. The molecule has 0 atom stereocenters. The lowest BCUT2D eigenvalue weighted by molar-refractivity contribution is 0.0686. The smallest absolute Gasteiger partial charge is 0.356 e. The Morgan fingerprint density at radius 1 is 1.20 bits per heavy atom. The lowest BCUT2D eigenvalue weighted by Gasteiger charge is -2.32. The summed E-state index contributed by atoms with van der Waals surface area (Å²) in [6, 6.07) is 9.42. The molecule has 0 bridgehead atoms. The van der Waals surface area contributed by atoms with Crippen LogP contribution in [0.5, 0.6) is 0 Å². The molecule has 2 aromatic rings. The molecule has 1 aliphatic heterocycles. The van der Waals surface area contributed by atoms with Crippen molar-refractivity contribution in [3.8, 4) is 5.69 Å². The zero-order valence-corrected chi connectivity index (χ0v) is 14.5. The highest BCUT2D eigenvalue weighted by molar-refractivity contribution is 5.88. The van der Waals surface area contributed by atoms with Crippen LogP contribution in [0.1, 0.15) is 35.6 Å². The first kappa shape index (κ1) is 17.0. The average Bonchev–Trinajstić information content (AvgIpc) is 3.02. The van der Waals surface area contributed by atoms with Gasteiger partial charge in [-0.15, -0.1) is 0 Å². The van der Waals surface area contributed by atoms with Crippen molar-refractivity contribution in [1.29, 1.82) is 0 Å². The quantitative estimate of drug-likeness (QED) is 0.925. The molecule has 0 saturated heterocycles.